The van der Waals surface area contributed by atoms with E-state index in [9.17, 15) is 9.90 Å². The molecule has 0 radical (unpaired) electrons. The molecular weight excluding hydrogens is 386 g/mol. The van der Waals surface area contributed by atoms with E-state index in [1.165, 1.54) is 0 Å². The van der Waals surface area contributed by atoms with Crippen molar-refractivity contribution in [1.82, 2.24) is 9.97 Å². The molecular formula is C26H25N3O2. The van der Waals surface area contributed by atoms with Crippen molar-refractivity contribution in [3.8, 4) is 11.1 Å². The first-order valence-electron chi connectivity index (χ1n) is 10.6. The maximum absolute atomic E-state index is 11.9. The van der Waals surface area contributed by atoms with Crippen LogP contribution in [0.5, 0.6) is 0 Å². The van der Waals surface area contributed by atoms with Crippen molar-refractivity contribution in [3.63, 3.8) is 0 Å². The topological polar surface area (TPSA) is 75.1 Å². The molecule has 2 aromatic carbocycles. The molecule has 0 aliphatic heterocycles. The van der Waals surface area contributed by atoms with Gasteiger partial charge >= 0.3 is 5.97 Å². The van der Waals surface area contributed by atoms with E-state index < -0.39 is 5.97 Å². The first kappa shape index (κ1) is 20.5. The van der Waals surface area contributed by atoms with Crippen LogP contribution >= 0.6 is 0 Å². The van der Waals surface area contributed by atoms with Crippen LogP contribution in [0.2, 0.25) is 0 Å². The van der Waals surface area contributed by atoms with Crippen LogP contribution < -0.4 is 5.32 Å². The number of aromatic carboxylic acids is 1. The van der Waals surface area contributed by atoms with E-state index in [-0.39, 0.29) is 0 Å². The second-order valence-corrected chi connectivity index (χ2v) is 7.54. The van der Waals surface area contributed by atoms with Crippen molar-refractivity contribution >= 4 is 22.7 Å². The Morgan fingerprint density at radius 3 is 2.65 bits per heavy atom. The lowest BCUT2D eigenvalue weighted by molar-refractivity contribution is 0.0697. The molecule has 0 fully saturated rings. The van der Waals surface area contributed by atoms with Gasteiger partial charge in [0.05, 0.1) is 16.8 Å². The molecule has 2 heterocycles. The molecule has 0 spiro atoms. The van der Waals surface area contributed by atoms with Gasteiger partial charge in [0.15, 0.2) is 0 Å². The Morgan fingerprint density at radius 1 is 1.03 bits per heavy atom. The van der Waals surface area contributed by atoms with E-state index in [2.05, 4.69) is 23.3 Å². The number of aromatic nitrogens is 2. The predicted octanol–water partition coefficient (Wildman–Crippen LogP) is 5.95. The Balaban J connectivity index is 1.63. The predicted molar refractivity (Wildman–Crippen MR) is 124 cm³/mol. The van der Waals surface area contributed by atoms with Gasteiger partial charge in [-0.15, -0.1) is 0 Å². The molecule has 0 saturated heterocycles. The van der Waals surface area contributed by atoms with Gasteiger partial charge in [0, 0.05) is 18.4 Å². The van der Waals surface area contributed by atoms with Crippen LogP contribution in [0.4, 0.5) is 5.69 Å². The highest BCUT2D eigenvalue weighted by Crippen LogP contribution is 2.26. The van der Waals surface area contributed by atoms with Crippen LogP contribution in [0.3, 0.4) is 0 Å². The summed E-state index contributed by atoms with van der Waals surface area (Å²) in [7, 11) is 0. The Kier molecular flexibility index (Phi) is 6.22. The van der Waals surface area contributed by atoms with Crippen LogP contribution in [0.15, 0.2) is 72.9 Å². The van der Waals surface area contributed by atoms with Crippen LogP contribution in [-0.2, 0) is 13.0 Å². The molecule has 4 rings (SSSR count). The third-order valence-corrected chi connectivity index (χ3v) is 5.29. The number of fused-ring (bicyclic) bond motifs is 1. The highest BCUT2D eigenvalue weighted by Gasteiger charge is 2.13. The number of hydrogen-bond acceptors (Lipinski definition) is 4. The fraction of sp³-hybridized carbons (Fsp3) is 0.192. The molecule has 4 aromatic rings. The number of hydrogen-bond donors (Lipinski definition) is 2. The molecule has 0 unspecified atom stereocenters. The van der Waals surface area contributed by atoms with Crippen molar-refractivity contribution in [2.75, 3.05) is 5.32 Å². The summed E-state index contributed by atoms with van der Waals surface area (Å²) in [6.07, 6.45) is 4.88. The number of carboxylic acids is 1. The average molecular weight is 412 g/mol. The first-order chi connectivity index (χ1) is 15.2. The minimum absolute atomic E-state index is 0.298. The fourth-order valence-electron chi connectivity index (χ4n) is 3.68. The Bertz CT molecular complexity index is 1210. The molecule has 0 amide bonds. The Labute approximate surface area is 181 Å². The maximum atomic E-state index is 11.9. The average Bonchev–Trinajstić information content (AvgIpc) is 2.81. The second kappa shape index (κ2) is 9.39. The zero-order valence-corrected chi connectivity index (χ0v) is 17.5. The van der Waals surface area contributed by atoms with Crippen LogP contribution in [-0.4, -0.2) is 21.0 Å². The molecule has 0 aliphatic carbocycles. The number of carbonyl (C=O) groups is 1. The zero-order chi connectivity index (χ0) is 21.6. The molecule has 5 heteroatoms. The van der Waals surface area contributed by atoms with Gasteiger partial charge in [0.2, 0.25) is 0 Å². The summed E-state index contributed by atoms with van der Waals surface area (Å²) in [5.74, 6) is -0.932. The summed E-state index contributed by atoms with van der Waals surface area (Å²) < 4.78 is 0. The van der Waals surface area contributed by atoms with Crippen molar-refractivity contribution in [2.24, 2.45) is 0 Å². The molecule has 0 saturated carbocycles. The number of pyridine rings is 2. The minimum atomic E-state index is -0.932. The second-order valence-electron chi connectivity index (χ2n) is 7.54. The molecule has 156 valence electrons. The number of carboxylic acid groups (broad SMARTS) is 1. The number of unbranched alkanes of at least 4 members (excludes halogenated alkanes) is 1. The van der Waals surface area contributed by atoms with E-state index in [0.29, 0.717) is 12.1 Å². The van der Waals surface area contributed by atoms with Gasteiger partial charge in [-0.3, -0.25) is 9.97 Å². The van der Waals surface area contributed by atoms with Gasteiger partial charge in [-0.1, -0.05) is 55.8 Å². The van der Waals surface area contributed by atoms with E-state index in [4.69, 9.17) is 4.98 Å². The molecule has 2 aromatic heterocycles. The lowest BCUT2D eigenvalue weighted by atomic mass is 9.97. The third kappa shape index (κ3) is 4.72. The minimum Gasteiger partial charge on any atom is -0.478 e. The highest BCUT2D eigenvalue weighted by molar-refractivity contribution is 5.96. The number of rotatable bonds is 8. The molecule has 31 heavy (non-hydrogen) atoms. The molecule has 0 aliphatic rings. The van der Waals surface area contributed by atoms with E-state index in [1.807, 2.05) is 54.6 Å². The van der Waals surface area contributed by atoms with Crippen molar-refractivity contribution in [3.05, 3.63) is 89.7 Å². The normalized spacial score (nSPS) is 10.9. The molecule has 0 bridgehead atoms. The first-order valence-corrected chi connectivity index (χ1v) is 10.6. The highest BCUT2D eigenvalue weighted by atomic mass is 16.4. The summed E-state index contributed by atoms with van der Waals surface area (Å²) in [4.78, 5) is 21.1. The molecule has 5 nitrogen and oxygen atoms in total. The Hall–Kier alpha value is -3.73. The summed E-state index contributed by atoms with van der Waals surface area (Å²) >= 11 is 0. The van der Waals surface area contributed by atoms with Gasteiger partial charge in [-0.2, -0.15) is 0 Å². The van der Waals surface area contributed by atoms with E-state index >= 15 is 0 Å². The van der Waals surface area contributed by atoms with Crippen LogP contribution in [0, 0.1) is 0 Å². The van der Waals surface area contributed by atoms with E-state index in [1.54, 1.807) is 12.3 Å². The number of aryl methyl sites for hydroxylation is 1. The van der Waals surface area contributed by atoms with Gasteiger partial charge in [-0.25, -0.2) is 4.79 Å². The lowest BCUT2D eigenvalue weighted by Gasteiger charge is -2.13. The summed E-state index contributed by atoms with van der Waals surface area (Å²) in [5, 5.41) is 13.2. The Morgan fingerprint density at radius 2 is 1.87 bits per heavy atom. The number of nitrogens with one attached hydrogen (secondary N) is 1. The standard InChI is InChI=1S/C26H25N3O2/c1-2-3-10-20-16-24(25-23(29-20)11-7-14-27-25)28-17-18-12-13-21(22(15-18)26(30)31)19-8-5-4-6-9-19/h4-9,11-16H,2-3,10,17H2,1H3,(H,28,29)(H,30,31). The smallest absolute Gasteiger partial charge is 0.336 e. The van der Waals surface area contributed by atoms with Crippen molar-refractivity contribution in [2.45, 2.75) is 32.7 Å². The fourth-order valence-corrected chi connectivity index (χ4v) is 3.68. The SMILES string of the molecule is CCCCc1cc(NCc2ccc(-c3ccccc3)c(C(=O)O)c2)c2ncccc2n1. The van der Waals surface area contributed by atoms with Crippen molar-refractivity contribution < 1.29 is 9.90 Å². The summed E-state index contributed by atoms with van der Waals surface area (Å²) in [6, 6.07) is 21.1. The number of nitrogens with zero attached hydrogens (tertiary/aromatic N) is 2. The van der Waals surface area contributed by atoms with Gasteiger partial charge < -0.3 is 10.4 Å². The number of anilines is 1. The van der Waals surface area contributed by atoms with Crippen molar-refractivity contribution in [1.29, 1.82) is 0 Å². The van der Waals surface area contributed by atoms with Crippen LogP contribution in [0.25, 0.3) is 22.2 Å². The van der Waals surface area contributed by atoms with Crippen LogP contribution in [0.1, 0.15) is 41.4 Å². The maximum Gasteiger partial charge on any atom is 0.336 e. The zero-order valence-electron chi connectivity index (χ0n) is 17.5. The third-order valence-electron chi connectivity index (χ3n) is 5.29. The molecule has 0 atom stereocenters. The van der Waals surface area contributed by atoms with Gasteiger partial charge in [-0.05, 0) is 53.8 Å². The number of benzene rings is 2. The monoisotopic (exact) mass is 411 g/mol. The summed E-state index contributed by atoms with van der Waals surface area (Å²) in [6.45, 7) is 2.67. The van der Waals surface area contributed by atoms with Gasteiger partial charge in [0.25, 0.3) is 0 Å². The molecule has 2 N–H and O–H groups in total. The quantitative estimate of drug-likeness (QED) is 0.375. The summed E-state index contributed by atoms with van der Waals surface area (Å²) in [5.41, 5.74) is 6.45. The van der Waals surface area contributed by atoms with Gasteiger partial charge in [0.1, 0.15) is 5.52 Å². The largest absolute Gasteiger partial charge is 0.478 e. The lowest BCUT2D eigenvalue weighted by Crippen LogP contribution is -2.06. The van der Waals surface area contributed by atoms with E-state index in [0.717, 1.165) is 58.4 Å².